The smallest absolute Gasteiger partial charge is 0.341 e. The molecule has 130 valence electrons. The number of rotatable bonds is 2. The lowest BCUT2D eigenvalue weighted by Crippen LogP contribution is -2.44. The average molecular weight is 344 g/mol. The Morgan fingerprint density at radius 3 is 2.54 bits per heavy atom. The summed E-state index contributed by atoms with van der Waals surface area (Å²) in [7, 11) is 3.95. The molecule has 0 aromatic heterocycles. The lowest BCUT2D eigenvalue weighted by Gasteiger charge is -2.36. The molecular weight excluding hydrogens is 324 g/mol. The molecule has 2 aliphatic heterocycles. The zero-order valence-electron chi connectivity index (χ0n) is 15.1. The third-order valence-corrected chi connectivity index (χ3v) is 5.58. The van der Waals surface area contributed by atoms with Crippen molar-refractivity contribution in [1.29, 1.82) is 0 Å². The fourth-order valence-electron chi connectivity index (χ4n) is 4.46. The van der Waals surface area contributed by atoms with Gasteiger partial charge in [-0.15, -0.1) is 0 Å². The minimum Gasteiger partial charge on any atom is -0.426 e. The van der Waals surface area contributed by atoms with Crippen LogP contribution in [0.5, 0.6) is 0 Å². The van der Waals surface area contributed by atoms with Gasteiger partial charge in [-0.25, -0.2) is 4.79 Å². The van der Waals surface area contributed by atoms with Crippen LogP contribution in [-0.4, -0.2) is 26.6 Å². The lowest BCUT2D eigenvalue weighted by atomic mass is 9.91. The molecule has 0 amide bonds. The molecule has 0 bridgehead atoms. The summed E-state index contributed by atoms with van der Waals surface area (Å²) in [6.45, 7) is 2.85. The van der Waals surface area contributed by atoms with Crippen LogP contribution < -0.4 is 9.80 Å². The second-order valence-corrected chi connectivity index (χ2v) is 7.08. The van der Waals surface area contributed by atoms with Crippen LogP contribution in [0.4, 0.5) is 11.4 Å². The first-order chi connectivity index (χ1) is 12.6. The van der Waals surface area contributed by atoms with Gasteiger partial charge in [0.2, 0.25) is 5.72 Å². The second kappa shape index (κ2) is 5.01. The van der Waals surface area contributed by atoms with Crippen LogP contribution in [0.2, 0.25) is 0 Å². The third kappa shape index (κ3) is 1.66. The normalized spacial score (nSPS) is 20.0. The van der Waals surface area contributed by atoms with Crippen LogP contribution in [-0.2, 0) is 10.5 Å². The highest BCUT2D eigenvalue weighted by Crippen LogP contribution is 2.55. The van der Waals surface area contributed by atoms with Gasteiger partial charge >= 0.3 is 5.97 Å². The van der Waals surface area contributed by atoms with Gasteiger partial charge in [-0.2, -0.15) is 0 Å². The van der Waals surface area contributed by atoms with Gasteiger partial charge in [0.25, 0.3) is 0 Å². The number of carbonyl (C=O) groups excluding carboxylic acids is 1. The molecule has 0 saturated carbocycles. The van der Waals surface area contributed by atoms with Crippen molar-refractivity contribution in [1.82, 2.24) is 0 Å². The number of benzene rings is 3. The van der Waals surface area contributed by atoms with Crippen molar-refractivity contribution in [3.05, 3.63) is 71.3 Å². The fourth-order valence-corrected chi connectivity index (χ4v) is 4.46. The van der Waals surface area contributed by atoms with E-state index >= 15 is 0 Å². The number of ether oxygens (including phenoxy) is 1. The van der Waals surface area contributed by atoms with E-state index < -0.39 is 5.72 Å². The minimum atomic E-state index is -0.866. The van der Waals surface area contributed by atoms with Gasteiger partial charge in [0, 0.05) is 48.5 Å². The number of fused-ring (bicyclic) bond motifs is 3. The number of hydrogen-bond acceptors (Lipinski definition) is 4. The summed E-state index contributed by atoms with van der Waals surface area (Å²) >= 11 is 0. The summed E-state index contributed by atoms with van der Waals surface area (Å²) in [4.78, 5) is 17.1. The van der Waals surface area contributed by atoms with E-state index in [1.54, 1.807) is 0 Å². The number of nitrogens with zero attached hydrogens (tertiary/aromatic N) is 2. The summed E-state index contributed by atoms with van der Waals surface area (Å²) in [6.07, 6.45) is 0. The summed E-state index contributed by atoms with van der Waals surface area (Å²) < 4.78 is 6.16. The molecule has 1 atom stereocenters. The molecule has 1 unspecified atom stereocenters. The molecule has 0 aliphatic carbocycles. The van der Waals surface area contributed by atoms with E-state index in [1.165, 1.54) is 10.8 Å². The average Bonchev–Trinajstić information content (AvgIpc) is 3.09. The molecule has 3 aromatic carbocycles. The topological polar surface area (TPSA) is 32.8 Å². The highest BCUT2D eigenvalue weighted by molar-refractivity contribution is 6.05. The van der Waals surface area contributed by atoms with Crippen molar-refractivity contribution in [3.63, 3.8) is 0 Å². The Morgan fingerprint density at radius 1 is 1.04 bits per heavy atom. The van der Waals surface area contributed by atoms with Crippen molar-refractivity contribution in [2.24, 2.45) is 0 Å². The van der Waals surface area contributed by atoms with Crippen molar-refractivity contribution < 1.29 is 9.53 Å². The maximum atomic E-state index is 12.9. The van der Waals surface area contributed by atoms with Gasteiger partial charge in [-0.3, -0.25) is 0 Å². The van der Waals surface area contributed by atoms with E-state index in [9.17, 15) is 4.79 Å². The Hall–Kier alpha value is -3.01. The molecule has 0 N–H and O–H groups in total. The van der Waals surface area contributed by atoms with Gasteiger partial charge in [-0.1, -0.05) is 30.3 Å². The van der Waals surface area contributed by atoms with Gasteiger partial charge in [0.15, 0.2) is 0 Å². The fraction of sp³-hybridized carbons (Fsp3) is 0.227. The van der Waals surface area contributed by atoms with Crippen molar-refractivity contribution in [2.45, 2.75) is 12.6 Å². The van der Waals surface area contributed by atoms with Gasteiger partial charge < -0.3 is 14.5 Å². The first-order valence-corrected chi connectivity index (χ1v) is 8.93. The van der Waals surface area contributed by atoms with Crippen LogP contribution in [0, 0.1) is 0 Å². The van der Waals surface area contributed by atoms with Crippen LogP contribution in [0.15, 0.2) is 54.6 Å². The molecule has 0 saturated heterocycles. The first kappa shape index (κ1) is 15.3. The molecule has 1 spiro atoms. The zero-order valence-corrected chi connectivity index (χ0v) is 15.1. The molecule has 2 aliphatic rings. The monoisotopic (exact) mass is 344 g/mol. The standard InChI is InChI=1S/C22H20N2O2/c1-4-24-19-10-6-8-14-7-5-9-18(20(14)19)22(24)17-12-11-15(23(2)3)13-16(17)21(25)26-22/h5-13H,4H2,1-3H3. The molecule has 3 aromatic rings. The number of esters is 1. The Balaban J connectivity index is 1.84. The predicted molar refractivity (Wildman–Crippen MR) is 104 cm³/mol. The summed E-state index contributed by atoms with van der Waals surface area (Å²) in [5.74, 6) is -0.257. The van der Waals surface area contributed by atoms with E-state index in [-0.39, 0.29) is 5.97 Å². The molecule has 4 nitrogen and oxygen atoms in total. The maximum absolute atomic E-state index is 12.9. The summed E-state index contributed by atoms with van der Waals surface area (Å²) in [5, 5.41) is 2.35. The highest BCUT2D eigenvalue weighted by Gasteiger charge is 2.55. The number of carbonyl (C=O) groups is 1. The van der Waals surface area contributed by atoms with E-state index in [0.29, 0.717) is 5.56 Å². The molecule has 26 heavy (non-hydrogen) atoms. The van der Waals surface area contributed by atoms with Crippen LogP contribution >= 0.6 is 0 Å². The third-order valence-electron chi connectivity index (χ3n) is 5.58. The van der Waals surface area contributed by atoms with Crippen LogP contribution in [0.3, 0.4) is 0 Å². The minimum absolute atomic E-state index is 0.257. The molecular formula is C22H20N2O2. The zero-order chi connectivity index (χ0) is 18.1. The van der Waals surface area contributed by atoms with Crippen molar-refractivity contribution in [2.75, 3.05) is 30.4 Å². The molecule has 2 heterocycles. The number of anilines is 2. The molecule has 0 fully saturated rings. The molecule has 0 radical (unpaired) electrons. The lowest BCUT2D eigenvalue weighted by molar-refractivity contribution is 0.0118. The summed E-state index contributed by atoms with van der Waals surface area (Å²) in [6, 6.07) is 18.6. The Bertz CT molecular complexity index is 1070. The molecule has 4 heteroatoms. The molecule has 5 rings (SSSR count). The number of hydrogen-bond donors (Lipinski definition) is 0. The predicted octanol–water partition coefficient (Wildman–Crippen LogP) is 4.12. The quantitative estimate of drug-likeness (QED) is 0.655. The summed E-state index contributed by atoms with van der Waals surface area (Å²) in [5.41, 5.74) is 3.89. The van der Waals surface area contributed by atoms with Gasteiger partial charge in [-0.05, 0) is 36.6 Å². The Morgan fingerprint density at radius 2 is 1.81 bits per heavy atom. The van der Waals surface area contributed by atoms with Crippen molar-refractivity contribution >= 4 is 28.1 Å². The van der Waals surface area contributed by atoms with E-state index in [2.05, 4.69) is 48.2 Å². The van der Waals surface area contributed by atoms with Crippen LogP contribution in [0.25, 0.3) is 10.8 Å². The van der Waals surface area contributed by atoms with Crippen LogP contribution in [0.1, 0.15) is 28.4 Å². The first-order valence-electron chi connectivity index (χ1n) is 8.93. The Kier molecular flexibility index (Phi) is 2.94. The van der Waals surface area contributed by atoms with Gasteiger partial charge in [0.05, 0.1) is 5.56 Å². The maximum Gasteiger partial charge on any atom is 0.341 e. The van der Waals surface area contributed by atoms with Gasteiger partial charge in [0.1, 0.15) is 0 Å². The van der Waals surface area contributed by atoms with Crippen molar-refractivity contribution in [3.8, 4) is 0 Å². The SMILES string of the molecule is CCN1c2cccc3cccc(c23)C12OC(=O)c1cc(N(C)C)ccc12. The van der Waals surface area contributed by atoms with E-state index in [1.807, 2.05) is 37.2 Å². The van der Waals surface area contributed by atoms with E-state index in [0.717, 1.165) is 29.0 Å². The largest absolute Gasteiger partial charge is 0.426 e. The Labute approximate surface area is 152 Å². The van der Waals surface area contributed by atoms with E-state index in [4.69, 9.17) is 4.74 Å². The second-order valence-electron chi connectivity index (χ2n) is 7.08. The highest BCUT2D eigenvalue weighted by atomic mass is 16.6.